The van der Waals surface area contributed by atoms with E-state index in [1.807, 2.05) is 19.3 Å². The summed E-state index contributed by atoms with van der Waals surface area (Å²) in [5.41, 5.74) is 0.366. The molecule has 0 aromatic carbocycles. The lowest BCUT2D eigenvalue weighted by Gasteiger charge is -2.41. The molecule has 3 heterocycles. The molecule has 3 fully saturated rings. The van der Waals surface area contributed by atoms with Crippen molar-refractivity contribution in [1.29, 1.82) is 0 Å². The predicted octanol–water partition coefficient (Wildman–Crippen LogP) is 3.87. The van der Waals surface area contributed by atoms with Crippen molar-refractivity contribution in [2.24, 2.45) is 11.3 Å². The maximum atomic E-state index is 12.8. The average molecular weight is 387 g/mol. The zero-order chi connectivity index (χ0) is 19.4. The number of carbonyl (C=O) groups excluding carboxylic acids is 1. The Bertz CT molecular complexity index is 651. The number of aromatic nitrogens is 2. The van der Waals surface area contributed by atoms with Crippen molar-refractivity contribution < 1.29 is 4.79 Å². The van der Waals surface area contributed by atoms with Crippen LogP contribution >= 0.6 is 0 Å². The molecule has 1 amide bonds. The Morgan fingerprint density at radius 1 is 1.11 bits per heavy atom. The van der Waals surface area contributed by atoms with E-state index in [2.05, 4.69) is 19.4 Å². The van der Waals surface area contributed by atoms with Crippen molar-refractivity contribution in [2.75, 3.05) is 32.7 Å². The summed E-state index contributed by atoms with van der Waals surface area (Å²) in [5.74, 6) is 2.29. The first-order valence-electron chi connectivity index (χ1n) is 11.6. The first-order valence-corrected chi connectivity index (χ1v) is 11.6. The van der Waals surface area contributed by atoms with Crippen LogP contribution in [0.3, 0.4) is 0 Å². The summed E-state index contributed by atoms with van der Waals surface area (Å²) in [6, 6.07) is 0. The first-order chi connectivity index (χ1) is 13.6. The fraction of sp³-hybridized carbons (Fsp3) is 0.826. The molecule has 1 atom stereocenters. The normalized spacial score (nSPS) is 27.0. The summed E-state index contributed by atoms with van der Waals surface area (Å²) >= 11 is 0. The van der Waals surface area contributed by atoms with Crippen LogP contribution in [0.15, 0.2) is 12.4 Å². The van der Waals surface area contributed by atoms with Gasteiger partial charge in [0.15, 0.2) is 0 Å². The Hall–Kier alpha value is -1.36. The van der Waals surface area contributed by atoms with Crippen molar-refractivity contribution in [3.63, 3.8) is 0 Å². The van der Waals surface area contributed by atoms with Gasteiger partial charge in [-0.05, 0) is 51.6 Å². The smallest absolute Gasteiger partial charge is 0.224 e. The second-order valence-electron chi connectivity index (χ2n) is 9.66. The number of carbonyl (C=O) groups is 1. The van der Waals surface area contributed by atoms with Crippen LogP contribution in [0.2, 0.25) is 0 Å². The largest absolute Gasteiger partial charge is 0.342 e. The predicted molar refractivity (Wildman–Crippen MR) is 112 cm³/mol. The molecule has 5 heteroatoms. The third-order valence-electron chi connectivity index (χ3n) is 7.60. The van der Waals surface area contributed by atoms with E-state index in [4.69, 9.17) is 0 Å². The van der Waals surface area contributed by atoms with Crippen LogP contribution in [0.4, 0.5) is 0 Å². The lowest BCUT2D eigenvalue weighted by atomic mass is 9.79. The highest BCUT2D eigenvalue weighted by atomic mass is 16.2. The number of hydrogen-bond donors (Lipinski definition) is 0. The van der Waals surface area contributed by atoms with Crippen molar-refractivity contribution in [3.05, 3.63) is 18.2 Å². The van der Waals surface area contributed by atoms with Crippen molar-refractivity contribution >= 4 is 5.91 Å². The van der Waals surface area contributed by atoms with Gasteiger partial charge in [-0.25, -0.2) is 4.98 Å². The van der Waals surface area contributed by atoms with E-state index in [9.17, 15) is 4.79 Å². The fourth-order valence-corrected chi connectivity index (χ4v) is 5.84. The van der Waals surface area contributed by atoms with Crippen LogP contribution in [0.25, 0.3) is 0 Å². The standard InChI is InChI=1S/C23H38N4O/c1-20-24-12-17-26(20)15-9-22(28)27-16-11-23(19-27)10-5-13-25(18-23)14-8-21-6-3-2-4-7-21/h12,17,21H,2-11,13-16,18-19H2,1H3/t23-/m0/s1. The maximum absolute atomic E-state index is 12.8. The quantitative estimate of drug-likeness (QED) is 0.745. The topological polar surface area (TPSA) is 41.4 Å². The zero-order valence-corrected chi connectivity index (χ0v) is 17.7. The third kappa shape index (κ3) is 4.79. The van der Waals surface area contributed by atoms with Crippen LogP contribution in [0.5, 0.6) is 0 Å². The average Bonchev–Trinajstić information content (AvgIpc) is 3.32. The number of amides is 1. The summed E-state index contributed by atoms with van der Waals surface area (Å²) < 4.78 is 2.08. The molecule has 28 heavy (non-hydrogen) atoms. The van der Waals surface area contributed by atoms with Gasteiger partial charge in [-0.3, -0.25) is 4.79 Å². The molecule has 3 aliphatic rings. The van der Waals surface area contributed by atoms with E-state index in [0.717, 1.165) is 31.4 Å². The van der Waals surface area contributed by atoms with E-state index in [-0.39, 0.29) is 0 Å². The molecular weight excluding hydrogens is 348 g/mol. The second kappa shape index (κ2) is 8.98. The highest BCUT2D eigenvalue weighted by Crippen LogP contribution is 2.39. The molecular formula is C23H38N4O. The van der Waals surface area contributed by atoms with Crippen molar-refractivity contribution in [1.82, 2.24) is 19.4 Å². The Morgan fingerprint density at radius 3 is 2.75 bits per heavy atom. The molecule has 156 valence electrons. The van der Waals surface area contributed by atoms with E-state index >= 15 is 0 Å². The number of likely N-dealkylation sites (tertiary alicyclic amines) is 2. The van der Waals surface area contributed by atoms with E-state index < -0.39 is 0 Å². The zero-order valence-electron chi connectivity index (χ0n) is 17.7. The van der Waals surface area contributed by atoms with Gasteiger partial charge in [0.1, 0.15) is 5.82 Å². The Balaban J connectivity index is 1.24. The SMILES string of the molecule is Cc1nccn1CCC(=O)N1CC[C@]2(CCCN(CCC3CCCCC3)C2)C1. The van der Waals surface area contributed by atoms with Gasteiger partial charge in [0, 0.05) is 50.4 Å². The highest BCUT2D eigenvalue weighted by molar-refractivity contribution is 5.76. The van der Waals surface area contributed by atoms with E-state index in [1.54, 1.807) is 0 Å². The summed E-state index contributed by atoms with van der Waals surface area (Å²) in [5, 5.41) is 0. The number of piperidine rings is 1. The van der Waals surface area contributed by atoms with Gasteiger partial charge in [0.05, 0.1) is 0 Å². The van der Waals surface area contributed by atoms with Gasteiger partial charge in [-0.2, -0.15) is 0 Å². The van der Waals surface area contributed by atoms with Gasteiger partial charge in [-0.15, -0.1) is 0 Å². The molecule has 1 saturated carbocycles. The fourth-order valence-electron chi connectivity index (χ4n) is 5.84. The van der Waals surface area contributed by atoms with Gasteiger partial charge >= 0.3 is 0 Å². The molecule has 5 nitrogen and oxygen atoms in total. The second-order valence-corrected chi connectivity index (χ2v) is 9.66. The molecule has 0 bridgehead atoms. The van der Waals surface area contributed by atoms with Gasteiger partial charge in [0.2, 0.25) is 5.91 Å². The summed E-state index contributed by atoms with van der Waals surface area (Å²) in [6.07, 6.45) is 16.8. The monoisotopic (exact) mass is 386 g/mol. The molecule has 1 aliphatic carbocycles. The molecule has 0 N–H and O–H groups in total. The summed E-state index contributed by atoms with van der Waals surface area (Å²) in [6.45, 7) is 8.44. The van der Waals surface area contributed by atoms with Crippen molar-refractivity contribution in [2.45, 2.75) is 77.7 Å². The molecule has 0 radical (unpaired) electrons. The minimum absolute atomic E-state index is 0.323. The molecule has 1 aromatic heterocycles. The third-order valence-corrected chi connectivity index (χ3v) is 7.60. The molecule has 2 aliphatic heterocycles. The first kappa shape index (κ1) is 19.9. The van der Waals surface area contributed by atoms with Crippen molar-refractivity contribution in [3.8, 4) is 0 Å². The maximum Gasteiger partial charge on any atom is 0.224 e. The number of nitrogens with zero attached hydrogens (tertiary/aromatic N) is 4. The number of imidazole rings is 1. The molecule has 1 spiro atoms. The van der Waals surface area contributed by atoms with Crippen LogP contribution in [-0.4, -0.2) is 58.0 Å². The lowest BCUT2D eigenvalue weighted by molar-refractivity contribution is -0.131. The minimum atomic E-state index is 0.323. The van der Waals surface area contributed by atoms with Crippen LogP contribution in [0, 0.1) is 18.3 Å². The number of rotatable bonds is 6. The minimum Gasteiger partial charge on any atom is -0.342 e. The van der Waals surface area contributed by atoms with Gasteiger partial charge in [-0.1, -0.05) is 32.1 Å². The molecule has 1 aromatic rings. The number of aryl methyl sites for hydroxylation is 2. The van der Waals surface area contributed by atoms with E-state index in [0.29, 0.717) is 17.7 Å². The Morgan fingerprint density at radius 2 is 1.96 bits per heavy atom. The molecule has 0 unspecified atom stereocenters. The van der Waals surface area contributed by atoms with Gasteiger partial charge in [0.25, 0.3) is 0 Å². The van der Waals surface area contributed by atoms with Gasteiger partial charge < -0.3 is 14.4 Å². The summed E-state index contributed by atoms with van der Waals surface area (Å²) in [4.78, 5) is 21.9. The van der Waals surface area contributed by atoms with Crippen LogP contribution < -0.4 is 0 Å². The van der Waals surface area contributed by atoms with E-state index in [1.165, 1.54) is 77.4 Å². The summed E-state index contributed by atoms with van der Waals surface area (Å²) in [7, 11) is 0. The highest BCUT2D eigenvalue weighted by Gasteiger charge is 2.42. The molecule has 4 rings (SSSR count). The molecule has 2 saturated heterocycles. The van der Waals surface area contributed by atoms with Crippen LogP contribution in [-0.2, 0) is 11.3 Å². The Kier molecular flexibility index (Phi) is 6.39. The van der Waals surface area contributed by atoms with Crippen LogP contribution in [0.1, 0.15) is 70.0 Å². The Labute approximate surface area is 170 Å². The lowest BCUT2D eigenvalue weighted by Crippen LogP contribution is -2.46. The number of hydrogen-bond acceptors (Lipinski definition) is 3.